The van der Waals surface area contributed by atoms with Gasteiger partial charge < -0.3 is 15.5 Å². The van der Waals surface area contributed by atoms with Crippen LogP contribution in [0.5, 0.6) is 0 Å². The molecule has 0 aromatic heterocycles. The molecule has 0 radical (unpaired) electrons. The molecule has 0 aliphatic heterocycles. The Morgan fingerprint density at radius 3 is 2.17 bits per heavy atom. The van der Waals surface area contributed by atoms with Gasteiger partial charge in [0.25, 0.3) is 5.91 Å². The smallest absolute Gasteiger partial charge is 0.264 e. The normalized spacial score (nSPS) is 10.1. The van der Waals surface area contributed by atoms with Crippen LogP contribution in [0.15, 0.2) is 49.1 Å². The third-order valence-corrected chi connectivity index (χ3v) is 4.82. The highest BCUT2D eigenvalue weighted by Crippen LogP contribution is 2.31. The van der Waals surface area contributed by atoms with Gasteiger partial charge >= 0.3 is 0 Å². The molecule has 0 atom stereocenters. The average Bonchev–Trinajstić information content (AvgIpc) is 2.81. The summed E-state index contributed by atoms with van der Waals surface area (Å²) >= 11 is 6.11. The Balaban J connectivity index is 0.00000117. The van der Waals surface area contributed by atoms with Crippen LogP contribution in [0.4, 0.5) is 20.2 Å². The number of unbranched alkanes of at least 4 members (excludes halogenated alkanes) is 2. The molecule has 0 unspecified atom stereocenters. The molecule has 0 aliphatic carbocycles. The van der Waals surface area contributed by atoms with E-state index in [1.54, 1.807) is 18.2 Å². The first kappa shape index (κ1) is 33.6. The predicted octanol–water partition coefficient (Wildman–Crippen LogP) is 8.33. The van der Waals surface area contributed by atoms with Crippen molar-refractivity contribution in [1.29, 1.82) is 0 Å². The number of halogens is 3. The SMILES string of the molecule is C=CCCC.CC(C)C.CCCCN(C(=O)c1c(F)cccc1F)c1ccc(Cl)cc1NCCNC. The van der Waals surface area contributed by atoms with Crippen molar-refractivity contribution in [2.75, 3.05) is 36.9 Å². The maximum absolute atomic E-state index is 14.2. The van der Waals surface area contributed by atoms with E-state index in [0.29, 0.717) is 42.5 Å². The van der Waals surface area contributed by atoms with E-state index in [2.05, 4.69) is 44.9 Å². The molecule has 36 heavy (non-hydrogen) atoms. The number of amides is 1. The number of carbonyl (C=O) groups excluding carboxylic acids is 1. The first-order chi connectivity index (χ1) is 17.1. The lowest BCUT2D eigenvalue weighted by atomic mass is 10.1. The summed E-state index contributed by atoms with van der Waals surface area (Å²) in [6.07, 6.45) is 5.84. The number of allylic oxidation sites excluding steroid dienone is 1. The van der Waals surface area contributed by atoms with Crippen LogP contribution < -0.4 is 15.5 Å². The topological polar surface area (TPSA) is 44.4 Å². The number of nitrogens with zero attached hydrogens (tertiary/aromatic N) is 1. The Hall–Kier alpha value is -2.44. The minimum Gasteiger partial charge on any atom is -0.382 e. The molecule has 0 bridgehead atoms. The number of hydrogen-bond acceptors (Lipinski definition) is 3. The molecular weight excluding hydrogens is 480 g/mol. The van der Waals surface area contributed by atoms with Gasteiger partial charge in [0.05, 0.1) is 11.4 Å². The molecule has 1 amide bonds. The van der Waals surface area contributed by atoms with Crippen molar-refractivity contribution in [3.05, 3.63) is 71.3 Å². The summed E-state index contributed by atoms with van der Waals surface area (Å²) in [5.74, 6) is -1.63. The van der Waals surface area contributed by atoms with Gasteiger partial charge in [-0.1, -0.05) is 71.2 Å². The summed E-state index contributed by atoms with van der Waals surface area (Å²) in [4.78, 5) is 14.4. The highest BCUT2D eigenvalue weighted by molar-refractivity contribution is 6.31. The summed E-state index contributed by atoms with van der Waals surface area (Å²) in [5.41, 5.74) is 0.625. The van der Waals surface area contributed by atoms with Crippen LogP contribution in [0, 0.1) is 17.6 Å². The molecule has 0 heterocycles. The fourth-order valence-electron chi connectivity index (χ4n) is 2.90. The molecule has 0 saturated heterocycles. The molecule has 202 valence electrons. The van der Waals surface area contributed by atoms with Crippen molar-refractivity contribution < 1.29 is 13.6 Å². The molecule has 2 rings (SSSR count). The van der Waals surface area contributed by atoms with Crippen LogP contribution in [0.1, 0.15) is 70.7 Å². The number of likely N-dealkylation sites (N-methyl/N-ethyl adjacent to an activating group) is 1. The van der Waals surface area contributed by atoms with E-state index in [1.165, 1.54) is 17.4 Å². The van der Waals surface area contributed by atoms with Crippen LogP contribution >= 0.6 is 11.6 Å². The van der Waals surface area contributed by atoms with Gasteiger partial charge in [0.1, 0.15) is 17.2 Å². The predicted molar refractivity (Wildman–Crippen MR) is 152 cm³/mol. The summed E-state index contributed by atoms with van der Waals surface area (Å²) in [6.45, 7) is 15.8. The van der Waals surface area contributed by atoms with E-state index in [-0.39, 0.29) is 0 Å². The van der Waals surface area contributed by atoms with Crippen molar-refractivity contribution >= 4 is 28.9 Å². The molecule has 2 aromatic rings. The third kappa shape index (κ3) is 13.0. The maximum atomic E-state index is 14.2. The average molecular weight is 524 g/mol. The Kier molecular flexibility index (Phi) is 18.4. The van der Waals surface area contributed by atoms with E-state index >= 15 is 0 Å². The minimum atomic E-state index is -0.875. The van der Waals surface area contributed by atoms with E-state index in [9.17, 15) is 13.6 Å². The summed E-state index contributed by atoms with van der Waals surface area (Å²) in [6, 6.07) is 8.46. The zero-order valence-electron chi connectivity index (χ0n) is 22.8. The Morgan fingerprint density at radius 2 is 1.69 bits per heavy atom. The lowest BCUT2D eigenvalue weighted by molar-refractivity contribution is 0.0978. The highest BCUT2D eigenvalue weighted by Gasteiger charge is 2.25. The van der Waals surface area contributed by atoms with Crippen molar-refractivity contribution in [3.8, 4) is 0 Å². The number of nitrogens with one attached hydrogen (secondary N) is 2. The van der Waals surface area contributed by atoms with Gasteiger partial charge in [-0.3, -0.25) is 4.79 Å². The van der Waals surface area contributed by atoms with E-state index in [1.807, 2.05) is 20.0 Å². The van der Waals surface area contributed by atoms with Crippen LogP contribution in [-0.4, -0.2) is 32.6 Å². The van der Waals surface area contributed by atoms with Crippen molar-refractivity contribution in [2.45, 2.75) is 60.3 Å². The fourth-order valence-corrected chi connectivity index (χ4v) is 3.07. The van der Waals surface area contributed by atoms with Crippen molar-refractivity contribution in [2.24, 2.45) is 5.92 Å². The second-order valence-corrected chi connectivity index (χ2v) is 9.34. The summed E-state index contributed by atoms with van der Waals surface area (Å²) in [5, 5.41) is 6.75. The first-order valence-electron chi connectivity index (χ1n) is 12.7. The van der Waals surface area contributed by atoms with Gasteiger partial charge in [-0.15, -0.1) is 6.58 Å². The standard InChI is InChI=1S/C20H24ClF2N3O.C5H10.C4H10/c1-3-4-12-26(20(27)19-15(22)6-5-7-16(19)23)18-9-8-14(21)13-17(18)25-11-10-24-2;1-3-5-4-2;1-4(2)3/h5-9,13,24-25H,3-4,10-12H2,1-2H3;3H,1,4-5H2,2H3;4H,1-3H3. The van der Waals surface area contributed by atoms with E-state index in [0.717, 1.165) is 30.9 Å². The molecule has 0 saturated carbocycles. The van der Waals surface area contributed by atoms with Crippen LogP contribution in [-0.2, 0) is 0 Å². The maximum Gasteiger partial charge on any atom is 0.264 e. The van der Waals surface area contributed by atoms with Gasteiger partial charge in [-0.05, 0) is 56.1 Å². The van der Waals surface area contributed by atoms with Gasteiger partial charge in [0.2, 0.25) is 0 Å². The van der Waals surface area contributed by atoms with Gasteiger partial charge in [0.15, 0.2) is 0 Å². The second-order valence-electron chi connectivity index (χ2n) is 8.91. The monoisotopic (exact) mass is 523 g/mol. The van der Waals surface area contributed by atoms with Crippen molar-refractivity contribution in [1.82, 2.24) is 5.32 Å². The molecule has 2 N–H and O–H groups in total. The molecule has 2 aromatic carbocycles. The molecule has 4 nitrogen and oxygen atoms in total. The third-order valence-electron chi connectivity index (χ3n) is 4.59. The lowest BCUT2D eigenvalue weighted by Gasteiger charge is -2.26. The molecule has 7 heteroatoms. The van der Waals surface area contributed by atoms with Gasteiger partial charge in [0, 0.05) is 24.7 Å². The number of hydrogen-bond donors (Lipinski definition) is 2. The number of carbonyl (C=O) groups is 1. The van der Waals surface area contributed by atoms with Gasteiger partial charge in [-0.2, -0.15) is 0 Å². The zero-order valence-corrected chi connectivity index (χ0v) is 23.5. The quantitative estimate of drug-likeness (QED) is 0.230. The zero-order chi connectivity index (χ0) is 27.5. The van der Waals surface area contributed by atoms with E-state index < -0.39 is 23.1 Å². The van der Waals surface area contributed by atoms with Crippen LogP contribution in [0.25, 0.3) is 0 Å². The molecule has 0 fully saturated rings. The molecule has 0 aliphatic rings. The second kappa shape index (κ2) is 19.7. The minimum absolute atomic E-state index is 0.339. The number of anilines is 2. The largest absolute Gasteiger partial charge is 0.382 e. The summed E-state index contributed by atoms with van der Waals surface area (Å²) < 4.78 is 28.4. The highest BCUT2D eigenvalue weighted by atomic mass is 35.5. The Labute approximate surface area is 222 Å². The number of rotatable bonds is 11. The van der Waals surface area contributed by atoms with Gasteiger partial charge in [-0.25, -0.2) is 8.78 Å². The Morgan fingerprint density at radius 1 is 1.08 bits per heavy atom. The van der Waals surface area contributed by atoms with Crippen LogP contribution in [0.3, 0.4) is 0 Å². The summed E-state index contributed by atoms with van der Waals surface area (Å²) in [7, 11) is 1.83. The fraction of sp³-hybridized carbons (Fsp3) is 0.483. The van der Waals surface area contributed by atoms with Crippen molar-refractivity contribution in [3.63, 3.8) is 0 Å². The van der Waals surface area contributed by atoms with E-state index in [4.69, 9.17) is 11.6 Å². The molecular formula is C29H44ClF2N3O. The molecule has 0 spiro atoms. The number of benzene rings is 2. The Bertz CT molecular complexity index is 883. The van der Waals surface area contributed by atoms with Crippen LogP contribution in [0.2, 0.25) is 5.02 Å². The first-order valence-corrected chi connectivity index (χ1v) is 13.1. The lowest BCUT2D eigenvalue weighted by Crippen LogP contribution is -2.34.